The van der Waals surface area contributed by atoms with E-state index >= 15 is 0 Å². The Morgan fingerprint density at radius 1 is 0.542 bits per heavy atom. The van der Waals surface area contributed by atoms with Gasteiger partial charge in [0, 0.05) is 32.5 Å². The van der Waals surface area contributed by atoms with Crippen molar-refractivity contribution in [2.75, 3.05) is 72.5 Å². The fraction of sp³-hybridized carbons (Fsp3) is 0.848. The standard InChI is InChI=1S/C33H63N5O10/c34-25-28(38-30(40)15-13-11-9-7-5-3-1-2-4-6-8-10-12-14-16-32(42)43)33(44)37-18-20-46-22-24-48-27-31(41)36-17-19-45-21-23-47-26-29(35)39/h28H,1-27,34H2,(H2,35,39)(H,36,41)(H,37,44)(H,38,40)(H,42,43)/t28-/m0/s1. The minimum atomic E-state index is -0.795. The summed E-state index contributed by atoms with van der Waals surface area (Å²) in [6.45, 7) is 1.78. The molecule has 0 aliphatic carbocycles. The lowest BCUT2D eigenvalue weighted by Crippen LogP contribution is -2.51. The van der Waals surface area contributed by atoms with Crippen LogP contribution in [0.3, 0.4) is 0 Å². The van der Waals surface area contributed by atoms with Crippen molar-refractivity contribution in [2.45, 2.75) is 109 Å². The number of carboxylic acids is 1. The lowest BCUT2D eigenvalue weighted by Gasteiger charge is -2.16. The predicted molar refractivity (Wildman–Crippen MR) is 181 cm³/mol. The predicted octanol–water partition coefficient (Wildman–Crippen LogP) is 1.54. The third-order valence-electron chi connectivity index (χ3n) is 7.27. The Balaban J connectivity index is 3.58. The molecule has 4 amide bonds. The molecule has 0 aromatic rings. The molecule has 0 unspecified atom stereocenters. The van der Waals surface area contributed by atoms with Crippen molar-refractivity contribution >= 4 is 29.6 Å². The molecule has 0 aliphatic heterocycles. The lowest BCUT2D eigenvalue weighted by atomic mass is 10.0. The van der Waals surface area contributed by atoms with Crippen LogP contribution in [0.1, 0.15) is 103 Å². The monoisotopic (exact) mass is 689 g/mol. The molecule has 0 aliphatic rings. The van der Waals surface area contributed by atoms with Gasteiger partial charge in [-0.05, 0) is 12.8 Å². The first-order valence-electron chi connectivity index (χ1n) is 17.6. The van der Waals surface area contributed by atoms with E-state index in [0.717, 1.165) is 38.5 Å². The van der Waals surface area contributed by atoms with Gasteiger partial charge in [0.15, 0.2) is 0 Å². The van der Waals surface area contributed by atoms with Crippen LogP contribution < -0.4 is 27.4 Å². The van der Waals surface area contributed by atoms with Gasteiger partial charge in [-0.2, -0.15) is 0 Å². The molecule has 0 saturated carbocycles. The molecule has 0 saturated heterocycles. The molecule has 0 heterocycles. The third-order valence-corrected chi connectivity index (χ3v) is 7.27. The van der Waals surface area contributed by atoms with Crippen LogP contribution in [-0.4, -0.2) is 113 Å². The molecule has 15 heteroatoms. The maximum absolute atomic E-state index is 12.4. The minimum Gasteiger partial charge on any atom is -0.481 e. The maximum Gasteiger partial charge on any atom is 0.303 e. The van der Waals surface area contributed by atoms with Crippen LogP contribution in [0.5, 0.6) is 0 Å². The highest BCUT2D eigenvalue weighted by Gasteiger charge is 2.18. The van der Waals surface area contributed by atoms with Crippen molar-refractivity contribution in [3.05, 3.63) is 0 Å². The van der Waals surface area contributed by atoms with E-state index in [4.69, 9.17) is 35.5 Å². The Bertz CT molecular complexity index is 850. The van der Waals surface area contributed by atoms with Gasteiger partial charge in [-0.25, -0.2) is 0 Å². The Kier molecular flexibility index (Phi) is 32.0. The Morgan fingerprint density at radius 3 is 1.46 bits per heavy atom. The van der Waals surface area contributed by atoms with Crippen molar-refractivity contribution in [3.63, 3.8) is 0 Å². The second-order valence-electron chi connectivity index (χ2n) is 11.6. The van der Waals surface area contributed by atoms with Crippen molar-refractivity contribution in [3.8, 4) is 0 Å². The summed E-state index contributed by atoms with van der Waals surface area (Å²) in [5.74, 6) is -2.08. The molecular weight excluding hydrogens is 626 g/mol. The van der Waals surface area contributed by atoms with E-state index < -0.39 is 17.9 Å². The van der Waals surface area contributed by atoms with Crippen LogP contribution in [0.15, 0.2) is 0 Å². The Labute approximate surface area is 286 Å². The van der Waals surface area contributed by atoms with Crippen molar-refractivity contribution in [1.29, 1.82) is 0 Å². The van der Waals surface area contributed by atoms with Gasteiger partial charge in [0.25, 0.3) is 0 Å². The maximum atomic E-state index is 12.4. The molecule has 1 atom stereocenters. The van der Waals surface area contributed by atoms with Crippen LogP contribution in [-0.2, 0) is 42.9 Å². The fourth-order valence-corrected chi connectivity index (χ4v) is 4.64. The number of hydrogen-bond acceptors (Lipinski definition) is 10. The van der Waals surface area contributed by atoms with Crippen LogP contribution in [0.4, 0.5) is 0 Å². The summed E-state index contributed by atoms with van der Waals surface area (Å²) in [7, 11) is 0. The molecule has 0 bridgehead atoms. The summed E-state index contributed by atoms with van der Waals surface area (Å²) in [4.78, 5) is 57.4. The van der Waals surface area contributed by atoms with E-state index in [-0.39, 0.29) is 83.5 Å². The summed E-state index contributed by atoms with van der Waals surface area (Å²) in [6, 6.07) is -0.795. The van der Waals surface area contributed by atoms with Gasteiger partial charge in [-0.3, -0.25) is 24.0 Å². The van der Waals surface area contributed by atoms with Crippen molar-refractivity contribution in [2.24, 2.45) is 11.5 Å². The highest BCUT2D eigenvalue weighted by atomic mass is 16.5. The summed E-state index contributed by atoms with van der Waals surface area (Å²) in [5, 5.41) is 16.7. The molecule has 280 valence electrons. The molecule has 48 heavy (non-hydrogen) atoms. The van der Waals surface area contributed by atoms with Crippen molar-refractivity contribution in [1.82, 2.24) is 16.0 Å². The summed E-state index contributed by atoms with van der Waals surface area (Å²) >= 11 is 0. The minimum absolute atomic E-state index is 0.00136. The molecule has 0 aromatic heterocycles. The van der Waals surface area contributed by atoms with E-state index in [9.17, 15) is 24.0 Å². The average molecular weight is 690 g/mol. The number of aliphatic carboxylic acids is 1. The molecule has 0 radical (unpaired) electrons. The molecule has 0 rings (SSSR count). The number of carbonyl (C=O) groups excluding carboxylic acids is 4. The van der Waals surface area contributed by atoms with E-state index in [1.54, 1.807) is 0 Å². The number of amides is 4. The fourth-order valence-electron chi connectivity index (χ4n) is 4.64. The highest BCUT2D eigenvalue weighted by Crippen LogP contribution is 2.13. The second kappa shape index (κ2) is 34.0. The number of ether oxygens (including phenoxy) is 4. The number of nitrogens with one attached hydrogen (secondary N) is 3. The number of primary amides is 1. The number of hydrogen-bond donors (Lipinski definition) is 6. The Hall–Kier alpha value is -2.85. The zero-order chi connectivity index (χ0) is 35.5. The second-order valence-corrected chi connectivity index (χ2v) is 11.6. The topological polar surface area (TPSA) is 231 Å². The Morgan fingerprint density at radius 2 is 0.979 bits per heavy atom. The van der Waals surface area contributed by atoms with Gasteiger partial charge in [-0.15, -0.1) is 0 Å². The first-order valence-corrected chi connectivity index (χ1v) is 17.6. The number of nitrogens with two attached hydrogens (primary N) is 2. The number of rotatable bonds is 36. The molecule has 0 fully saturated rings. The molecular formula is C33H63N5O10. The zero-order valence-corrected chi connectivity index (χ0v) is 28.9. The number of carbonyl (C=O) groups is 5. The average Bonchev–Trinajstić information content (AvgIpc) is 3.05. The van der Waals surface area contributed by atoms with Gasteiger partial charge in [0.05, 0.1) is 39.6 Å². The largest absolute Gasteiger partial charge is 0.481 e. The highest BCUT2D eigenvalue weighted by molar-refractivity contribution is 5.87. The van der Waals surface area contributed by atoms with Gasteiger partial charge in [0.2, 0.25) is 23.6 Å². The molecule has 8 N–H and O–H groups in total. The number of carboxylic acid groups (broad SMARTS) is 1. The quantitative estimate of drug-likeness (QED) is 0.0517. The summed E-state index contributed by atoms with van der Waals surface area (Å²) in [5.41, 5.74) is 10.6. The van der Waals surface area contributed by atoms with E-state index in [2.05, 4.69) is 16.0 Å². The smallest absolute Gasteiger partial charge is 0.303 e. The van der Waals surface area contributed by atoms with Crippen molar-refractivity contribution < 1.29 is 48.0 Å². The third kappa shape index (κ3) is 33.1. The van der Waals surface area contributed by atoms with E-state index in [1.807, 2.05) is 0 Å². The molecule has 15 nitrogen and oxygen atoms in total. The van der Waals surface area contributed by atoms with Crippen LogP contribution in [0, 0.1) is 0 Å². The lowest BCUT2D eigenvalue weighted by molar-refractivity contribution is -0.137. The SMILES string of the molecule is NC[C@H](NC(=O)CCCCCCCCCCCCCCCCC(=O)O)C(=O)NCCOCCOCC(=O)NCCOCCOCC(N)=O. The van der Waals surface area contributed by atoms with Crippen LogP contribution in [0.25, 0.3) is 0 Å². The first-order chi connectivity index (χ1) is 23.3. The zero-order valence-electron chi connectivity index (χ0n) is 28.9. The van der Waals surface area contributed by atoms with Gasteiger partial charge in [-0.1, -0.05) is 77.0 Å². The number of unbranched alkanes of at least 4 members (excludes halogenated alkanes) is 13. The summed E-state index contributed by atoms with van der Waals surface area (Å²) < 4.78 is 20.8. The van der Waals surface area contributed by atoms with Gasteiger partial charge in [0.1, 0.15) is 19.3 Å². The van der Waals surface area contributed by atoms with Crippen LogP contribution in [0.2, 0.25) is 0 Å². The molecule has 0 aromatic carbocycles. The summed E-state index contributed by atoms with van der Waals surface area (Å²) in [6.07, 6.45) is 16.2. The normalized spacial score (nSPS) is 11.6. The van der Waals surface area contributed by atoms with Gasteiger partial charge >= 0.3 is 5.97 Å². The van der Waals surface area contributed by atoms with Crippen LogP contribution >= 0.6 is 0 Å². The van der Waals surface area contributed by atoms with E-state index in [0.29, 0.717) is 19.6 Å². The van der Waals surface area contributed by atoms with Gasteiger partial charge < -0.3 is 51.5 Å². The molecule has 0 spiro atoms. The first kappa shape index (κ1) is 45.2. The van der Waals surface area contributed by atoms with E-state index in [1.165, 1.54) is 51.4 Å².